The minimum Gasteiger partial charge on any atom is -0.390 e. The maximum atomic E-state index is 12.9. The molecule has 2 N–H and O–H groups in total. The van der Waals surface area contributed by atoms with Crippen LogP contribution in [0.25, 0.3) is 0 Å². The van der Waals surface area contributed by atoms with Gasteiger partial charge in [0.15, 0.2) is 0 Å². The largest absolute Gasteiger partial charge is 0.416 e. The highest BCUT2D eigenvalue weighted by atomic mass is 19.4. The van der Waals surface area contributed by atoms with E-state index in [9.17, 15) is 18.3 Å². The van der Waals surface area contributed by atoms with Crippen LogP contribution in [0.3, 0.4) is 0 Å². The van der Waals surface area contributed by atoms with Crippen LogP contribution >= 0.6 is 0 Å². The van der Waals surface area contributed by atoms with Gasteiger partial charge in [0.2, 0.25) is 0 Å². The van der Waals surface area contributed by atoms with Crippen molar-refractivity contribution in [3.8, 4) is 0 Å². The fraction of sp³-hybridized carbons (Fsp3) is 0.571. The van der Waals surface area contributed by atoms with Gasteiger partial charge in [-0.25, -0.2) is 0 Å². The van der Waals surface area contributed by atoms with Crippen LogP contribution in [0.1, 0.15) is 24.1 Å². The van der Waals surface area contributed by atoms with Gasteiger partial charge in [-0.3, -0.25) is 0 Å². The van der Waals surface area contributed by atoms with Crippen LogP contribution in [-0.2, 0) is 6.18 Å². The van der Waals surface area contributed by atoms with Crippen molar-refractivity contribution in [3.05, 3.63) is 35.4 Å². The standard InChI is InChI=1S/C14H21F3N2O/c1-10(18-8-11(20)9-19(2)3)12-6-4-5-7-13(12)14(15,16)17/h4-7,10-11,18,20H,8-9H2,1-3H3. The van der Waals surface area contributed by atoms with Crippen molar-refractivity contribution in [2.75, 3.05) is 27.2 Å². The van der Waals surface area contributed by atoms with Gasteiger partial charge in [0, 0.05) is 19.1 Å². The Balaban J connectivity index is 2.71. The smallest absolute Gasteiger partial charge is 0.390 e. The summed E-state index contributed by atoms with van der Waals surface area (Å²) in [6.07, 6.45) is -4.99. The van der Waals surface area contributed by atoms with E-state index in [1.54, 1.807) is 13.0 Å². The minimum absolute atomic E-state index is 0.192. The molecular weight excluding hydrogens is 269 g/mol. The van der Waals surface area contributed by atoms with Crippen LogP contribution < -0.4 is 5.32 Å². The molecule has 1 aromatic carbocycles. The Bertz CT molecular complexity index is 421. The van der Waals surface area contributed by atoms with E-state index < -0.39 is 23.9 Å². The molecule has 1 rings (SSSR count). The highest BCUT2D eigenvalue weighted by Crippen LogP contribution is 2.34. The fourth-order valence-electron chi connectivity index (χ4n) is 2.04. The quantitative estimate of drug-likeness (QED) is 0.844. The molecule has 0 aliphatic heterocycles. The van der Waals surface area contributed by atoms with Gasteiger partial charge in [0.1, 0.15) is 0 Å². The first-order valence-corrected chi connectivity index (χ1v) is 6.44. The third kappa shape index (κ3) is 5.11. The van der Waals surface area contributed by atoms with Gasteiger partial charge in [-0.05, 0) is 32.6 Å². The molecule has 0 saturated heterocycles. The average molecular weight is 290 g/mol. The van der Waals surface area contributed by atoms with Crippen molar-refractivity contribution < 1.29 is 18.3 Å². The molecule has 0 heterocycles. The zero-order valence-electron chi connectivity index (χ0n) is 11.9. The number of hydrogen-bond acceptors (Lipinski definition) is 3. The lowest BCUT2D eigenvalue weighted by Gasteiger charge is -2.22. The van der Waals surface area contributed by atoms with E-state index in [1.807, 2.05) is 19.0 Å². The summed E-state index contributed by atoms with van der Waals surface area (Å²) in [5, 5.41) is 12.7. The number of hydrogen-bond donors (Lipinski definition) is 2. The van der Waals surface area contributed by atoms with Gasteiger partial charge in [0.05, 0.1) is 11.7 Å². The molecule has 0 aliphatic rings. The summed E-state index contributed by atoms with van der Waals surface area (Å²) in [4.78, 5) is 1.82. The topological polar surface area (TPSA) is 35.5 Å². The van der Waals surface area contributed by atoms with Crippen molar-refractivity contribution in [1.82, 2.24) is 10.2 Å². The maximum Gasteiger partial charge on any atom is 0.416 e. The second kappa shape index (κ2) is 7.06. The van der Waals surface area contributed by atoms with Crippen LogP contribution in [0, 0.1) is 0 Å². The highest BCUT2D eigenvalue weighted by Gasteiger charge is 2.34. The first-order valence-electron chi connectivity index (χ1n) is 6.44. The number of aliphatic hydroxyl groups is 1. The number of alkyl halides is 3. The van der Waals surface area contributed by atoms with Crippen molar-refractivity contribution in [2.24, 2.45) is 0 Å². The molecule has 2 atom stereocenters. The van der Waals surface area contributed by atoms with Crippen LogP contribution in [-0.4, -0.2) is 43.3 Å². The van der Waals surface area contributed by atoms with Gasteiger partial charge in [0.25, 0.3) is 0 Å². The predicted octanol–water partition coefficient (Wildman–Crippen LogP) is 2.28. The van der Waals surface area contributed by atoms with Crippen LogP contribution in [0.15, 0.2) is 24.3 Å². The van der Waals surface area contributed by atoms with Gasteiger partial charge in [-0.15, -0.1) is 0 Å². The summed E-state index contributed by atoms with van der Waals surface area (Å²) < 4.78 is 38.7. The first kappa shape index (κ1) is 16.9. The Labute approximate surface area is 117 Å². The van der Waals surface area contributed by atoms with Gasteiger partial charge < -0.3 is 15.3 Å². The molecule has 0 bridgehead atoms. The lowest BCUT2D eigenvalue weighted by atomic mass is 10.0. The molecule has 1 aromatic rings. The van der Waals surface area contributed by atoms with Crippen molar-refractivity contribution >= 4 is 0 Å². The molecule has 3 nitrogen and oxygen atoms in total. The van der Waals surface area contributed by atoms with Crippen LogP contribution in [0.4, 0.5) is 13.2 Å². The second-order valence-corrected chi connectivity index (χ2v) is 5.13. The maximum absolute atomic E-state index is 12.9. The second-order valence-electron chi connectivity index (χ2n) is 5.13. The van der Waals surface area contributed by atoms with E-state index in [4.69, 9.17) is 0 Å². The molecule has 0 aliphatic carbocycles. The Morgan fingerprint density at radius 2 is 1.85 bits per heavy atom. The third-order valence-electron chi connectivity index (χ3n) is 2.97. The number of rotatable bonds is 6. The summed E-state index contributed by atoms with van der Waals surface area (Å²) >= 11 is 0. The number of halogens is 3. The van der Waals surface area contributed by atoms with Crippen LogP contribution in [0.5, 0.6) is 0 Å². The molecule has 0 amide bonds. The summed E-state index contributed by atoms with van der Waals surface area (Å²) in [6, 6.07) is 5.01. The average Bonchev–Trinajstić information content (AvgIpc) is 2.34. The normalized spacial score (nSPS) is 15.4. The number of nitrogens with one attached hydrogen (secondary N) is 1. The predicted molar refractivity (Wildman–Crippen MR) is 72.4 cm³/mol. The number of likely N-dealkylation sites (N-methyl/N-ethyl adjacent to an activating group) is 1. The Morgan fingerprint density at radius 1 is 1.25 bits per heavy atom. The first-order chi connectivity index (χ1) is 9.21. The highest BCUT2D eigenvalue weighted by molar-refractivity contribution is 5.32. The number of benzene rings is 1. The summed E-state index contributed by atoms with van der Waals surface area (Å²) in [7, 11) is 3.65. The molecule has 0 spiro atoms. The van der Waals surface area contributed by atoms with Gasteiger partial charge >= 0.3 is 6.18 Å². The van der Waals surface area contributed by atoms with E-state index in [0.717, 1.165) is 6.07 Å². The minimum atomic E-state index is -4.37. The fourth-order valence-corrected chi connectivity index (χ4v) is 2.04. The monoisotopic (exact) mass is 290 g/mol. The summed E-state index contributed by atoms with van der Waals surface area (Å²) in [6.45, 7) is 2.36. The number of nitrogens with zero attached hydrogens (tertiary/aromatic N) is 1. The molecule has 0 saturated carbocycles. The van der Waals surface area contributed by atoms with E-state index in [0.29, 0.717) is 6.54 Å². The zero-order chi connectivity index (χ0) is 15.3. The van der Waals surface area contributed by atoms with Gasteiger partial charge in [-0.2, -0.15) is 13.2 Å². The van der Waals surface area contributed by atoms with E-state index >= 15 is 0 Å². The molecule has 6 heteroatoms. The Morgan fingerprint density at radius 3 is 2.40 bits per heavy atom. The van der Waals surface area contributed by atoms with Gasteiger partial charge in [-0.1, -0.05) is 18.2 Å². The van der Waals surface area contributed by atoms with E-state index in [1.165, 1.54) is 12.1 Å². The van der Waals surface area contributed by atoms with Crippen molar-refractivity contribution in [3.63, 3.8) is 0 Å². The van der Waals surface area contributed by atoms with Crippen LogP contribution in [0.2, 0.25) is 0 Å². The number of aliphatic hydroxyl groups excluding tert-OH is 1. The molecule has 2 unspecified atom stereocenters. The Hall–Kier alpha value is -1.11. The van der Waals surface area contributed by atoms with E-state index in [2.05, 4.69) is 5.32 Å². The Kier molecular flexibility index (Phi) is 5.98. The lowest BCUT2D eigenvalue weighted by Crippen LogP contribution is -2.36. The summed E-state index contributed by atoms with van der Waals surface area (Å²) in [5.74, 6) is 0. The van der Waals surface area contributed by atoms with Crippen molar-refractivity contribution in [1.29, 1.82) is 0 Å². The third-order valence-corrected chi connectivity index (χ3v) is 2.97. The zero-order valence-corrected chi connectivity index (χ0v) is 11.9. The molecule has 114 valence electrons. The SMILES string of the molecule is CC(NCC(O)CN(C)C)c1ccccc1C(F)(F)F. The molecular formula is C14H21F3N2O. The van der Waals surface area contributed by atoms with E-state index in [-0.39, 0.29) is 12.1 Å². The molecule has 20 heavy (non-hydrogen) atoms. The molecule has 0 radical (unpaired) electrons. The molecule has 0 fully saturated rings. The summed E-state index contributed by atoms with van der Waals surface area (Å²) in [5.41, 5.74) is -0.445. The van der Waals surface area contributed by atoms with Crippen molar-refractivity contribution in [2.45, 2.75) is 25.2 Å². The lowest BCUT2D eigenvalue weighted by molar-refractivity contribution is -0.138. The molecule has 0 aromatic heterocycles.